The fraction of sp³-hybridized carbons (Fsp3) is 0.556. The van der Waals surface area contributed by atoms with Crippen LogP contribution in [0.1, 0.15) is 25.5 Å². The molecule has 1 unspecified atom stereocenters. The van der Waals surface area contributed by atoms with E-state index in [9.17, 15) is 5.11 Å². The second-order valence-corrected chi connectivity index (χ2v) is 3.42. The molecule has 1 aromatic heterocycles. The summed E-state index contributed by atoms with van der Waals surface area (Å²) in [6, 6.07) is 0. The second kappa shape index (κ2) is 2.52. The van der Waals surface area contributed by atoms with Crippen LogP contribution in [0.2, 0.25) is 0 Å². The van der Waals surface area contributed by atoms with E-state index in [0.29, 0.717) is 0 Å². The lowest BCUT2D eigenvalue weighted by Crippen LogP contribution is -2.23. The van der Waals surface area contributed by atoms with Gasteiger partial charge in [-0.1, -0.05) is 0 Å². The van der Waals surface area contributed by atoms with Crippen LogP contribution in [0.4, 0.5) is 0 Å². The van der Waals surface area contributed by atoms with Crippen LogP contribution in [-0.2, 0) is 5.41 Å². The highest BCUT2D eigenvalue weighted by Crippen LogP contribution is 2.49. The molecule has 1 heterocycles. The van der Waals surface area contributed by atoms with Crippen LogP contribution >= 0.6 is 0 Å². The van der Waals surface area contributed by atoms with Gasteiger partial charge >= 0.3 is 0 Å². The SMILES string of the molecule is CC(O)C1(c2cnccn2)CC1. The smallest absolute Gasteiger partial charge is 0.0674 e. The lowest BCUT2D eigenvalue weighted by Gasteiger charge is -2.16. The molecule has 3 nitrogen and oxygen atoms in total. The molecule has 0 bridgehead atoms. The molecule has 0 saturated heterocycles. The van der Waals surface area contributed by atoms with Crippen molar-refractivity contribution in [2.24, 2.45) is 0 Å². The first kappa shape index (κ1) is 7.68. The zero-order valence-corrected chi connectivity index (χ0v) is 7.07. The summed E-state index contributed by atoms with van der Waals surface area (Å²) in [5.41, 5.74) is 0.855. The first-order valence-electron chi connectivity index (χ1n) is 4.20. The van der Waals surface area contributed by atoms with Gasteiger partial charge in [0.1, 0.15) is 0 Å². The third kappa shape index (κ3) is 1.01. The first-order chi connectivity index (χ1) is 5.76. The first-order valence-corrected chi connectivity index (χ1v) is 4.20. The summed E-state index contributed by atoms with van der Waals surface area (Å²) < 4.78 is 0. The van der Waals surface area contributed by atoms with Gasteiger partial charge in [0.2, 0.25) is 0 Å². The fourth-order valence-corrected chi connectivity index (χ4v) is 1.58. The Hall–Kier alpha value is -0.960. The molecule has 0 amide bonds. The van der Waals surface area contributed by atoms with Crippen molar-refractivity contribution in [3.63, 3.8) is 0 Å². The summed E-state index contributed by atoms with van der Waals surface area (Å²) in [6.45, 7) is 1.82. The van der Waals surface area contributed by atoms with Gasteiger partial charge in [0.25, 0.3) is 0 Å². The summed E-state index contributed by atoms with van der Waals surface area (Å²) in [7, 11) is 0. The Morgan fingerprint density at radius 1 is 1.50 bits per heavy atom. The Morgan fingerprint density at radius 3 is 2.67 bits per heavy atom. The van der Waals surface area contributed by atoms with Crippen molar-refractivity contribution in [2.45, 2.75) is 31.3 Å². The van der Waals surface area contributed by atoms with Crippen LogP contribution in [0.3, 0.4) is 0 Å². The molecule has 1 aliphatic carbocycles. The fourth-order valence-electron chi connectivity index (χ4n) is 1.58. The van der Waals surface area contributed by atoms with Crippen LogP contribution in [0.5, 0.6) is 0 Å². The lowest BCUT2D eigenvalue weighted by atomic mass is 9.97. The van der Waals surface area contributed by atoms with Crippen molar-refractivity contribution in [3.8, 4) is 0 Å². The maximum absolute atomic E-state index is 9.53. The molecule has 1 N–H and O–H groups in total. The van der Waals surface area contributed by atoms with E-state index in [4.69, 9.17) is 0 Å². The zero-order valence-electron chi connectivity index (χ0n) is 7.07. The number of aromatic nitrogens is 2. The topological polar surface area (TPSA) is 46.0 Å². The molecule has 1 fully saturated rings. The summed E-state index contributed by atoms with van der Waals surface area (Å²) in [5, 5.41) is 9.53. The Labute approximate surface area is 71.5 Å². The van der Waals surface area contributed by atoms with E-state index in [1.807, 2.05) is 6.92 Å². The highest BCUT2D eigenvalue weighted by molar-refractivity contribution is 5.23. The Bertz CT molecular complexity index is 267. The number of rotatable bonds is 2. The van der Waals surface area contributed by atoms with Crippen molar-refractivity contribution in [1.29, 1.82) is 0 Å². The number of aliphatic hydroxyl groups excluding tert-OH is 1. The molecule has 1 saturated carbocycles. The van der Waals surface area contributed by atoms with Crippen LogP contribution in [0.25, 0.3) is 0 Å². The van der Waals surface area contributed by atoms with Crippen molar-refractivity contribution >= 4 is 0 Å². The van der Waals surface area contributed by atoms with Crippen LogP contribution in [-0.4, -0.2) is 21.2 Å². The molecule has 2 rings (SSSR count). The van der Waals surface area contributed by atoms with Gasteiger partial charge in [-0.05, 0) is 19.8 Å². The Kier molecular flexibility index (Phi) is 1.61. The predicted octanol–water partition coefficient (Wildman–Crippen LogP) is 0.889. The molecule has 1 aromatic rings. The maximum Gasteiger partial charge on any atom is 0.0674 e. The molecule has 0 spiro atoms. The van der Waals surface area contributed by atoms with Crippen molar-refractivity contribution < 1.29 is 5.11 Å². The molecule has 1 atom stereocenters. The average Bonchev–Trinajstić information content (AvgIpc) is 2.86. The summed E-state index contributed by atoms with van der Waals surface area (Å²) >= 11 is 0. The van der Waals surface area contributed by atoms with Crippen molar-refractivity contribution in [3.05, 3.63) is 24.3 Å². The van der Waals surface area contributed by atoms with Crippen molar-refractivity contribution in [2.75, 3.05) is 0 Å². The number of aliphatic hydroxyl groups is 1. The van der Waals surface area contributed by atoms with Gasteiger partial charge in [-0.25, -0.2) is 0 Å². The quantitative estimate of drug-likeness (QED) is 0.706. The summed E-state index contributed by atoms with van der Waals surface area (Å²) in [5.74, 6) is 0. The minimum atomic E-state index is -0.311. The largest absolute Gasteiger partial charge is 0.392 e. The van der Waals surface area contributed by atoms with E-state index >= 15 is 0 Å². The molecule has 64 valence electrons. The van der Waals surface area contributed by atoms with Gasteiger partial charge in [0.15, 0.2) is 0 Å². The van der Waals surface area contributed by atoms with Crippen LogP contribution in [0, 0.1) is 0 Å². The van der Waals surface area contributed by atoms with E-state index in [0.717, 1.165) is 18.5 Å². The van der Waals surface area contributed by atoms with Gasteiger partial charge in [-0.2, -0.15) is 0 Å². The highest BCUT2D eigenvalue weighted by Gasteiger charge is 2.49. The minimum Gasteiger partial charge on any atom is -0.392 e. The minimum absolute atomic E-state index is 0.0751. The highest BCUT2D eigenvalue weighted by atomic mass is 16.3. The van der Waals surface area contributed by atoms with Crippen LogP contribution < -0.4 is 0 Å². The normalized spacial score (nSPS) is 21.8. The van der Waals surface area contributed by atoms with Crippen molar-refractivity contribution in [1.82, 2.24) is 9.97 Å². The lowest BCUT2D eigenvalue weighted by molar-refractivity contribution is 0.148. The molecule has 1 aliphatic rings. The maximum atomic E-state index is 9.53. The van der Waals surface area contributed by atoms with E-state index in [2.05, 4.69) is 9.97 Å². The molecule has 3 heteroatoms. The summed E-state index contributed by atoms with van der Waals surface area (Å²) in [4.78, 5) is 8.21. The molecular weight excluding hydrogens is 152 g/mol. The van der Waals surface area contributed by atoms with Crippen LogP contribution in [0.15, 0.2) is 18.6 Å². The monoisotopic (exact) mass is 164 g/mol. The third-order valence-electron chi connectivity index (χ3n) is 2.66. The number of hydrogen-bond acceptors (Lipinski definition) is 3. The van der Waals surface area contributed by atoms with E-state index in [-0.39, 0.29) is 11.5 Å². The Balaban J connectivity index is 2.31. The molecule has 0 aromatic carbocycles. The standard InChI is InChI=1S/C9H12N2O/c1-7(12)9(2-3-9)8-6-10-4-5-11-8/h4-7,12H,2-3H2,1H3. The number of nitrogens with zero attached hydrogens (tertiary/aromatic N) is 2. The molecular formula is C9H12N2O. The molecule has 0 radical (unpaired) electrons. The predicted molar refractivity (Wildman–Crippen MR) is 44.6 cm³/mol. The zero-order chi connectivity index (χ0) is 8.60. The third-order valence-corrected chi connectivity index (χ3v) is 2.66. The van der Waals surface area contributed by atoms with E-state index in [1.165, 1.54) is 0 Å². The van der Waals surface area contributed by atoms with Gasteiger partial charge in [-0.3, -0.25) is 9.97 Å². The molecule has 12 heavy (non-hydrogen) atoms. The molecule has 0 aliphatic heterocycles. The van der Waals surface area contributed by atoms with Gasteiger partial charge in [-0.15, -0.1) is 0 Å². The summed E-state index contributed by atoms with van der Waals surface area (Å²) in [6.07, 6.45) is 6.83. The average molecular weight is 164 g/mol. The van der Waals surface area contributed by atoms with E-state index in [1.54, 1.807) is 18.6 Å². The number of hydrogen-bond donors (Lipinski definition) is 1. The Morgan fingerprint density at radius 2 is 2.25 bits per heavy atom. The van der Waals surface area contributed by atoms with Gasteiger partial charge < -0.3 is 5.11 Å². The second-order valence-electron chi connectivity index (χ2n) is 3.42. The van der Waals surface area contributed by atoms with Gasteiger partial charge in [0.05, 0.1) is 11.8 Å². The van der Waals surface area contributed by atoms with E-state index < -0.39 is 0 Å². The van der Waals surface area contributed by atoms with Gasteiger partial charge in [0, 0.05) is 24.0 Å².